The Bertz CT molecular complexity index is 1060. The van der Waals surface area contributed by atoms with Crippen LogP contribution in [-0.2, 0) is 11.3 Å². The number of aryl methyl sites for hydroxylation is 1. The van der Waals surface area contributed by atoms with Crippen molar-refractivity contribution in [2.45, 2.75) is 18.6 Å². The van der Waals surface area contributed by atoms with Gasteiger partial charge in [0, 0.05) is 23.9 Å². The van der Waals surface area contributed by atoms with Crippen molar-refractivity contribution in [1.29, 1.82) is 0 Å². The van der Waals surface area contributed by atoms with Crippen LogP contribution in [0.5, 0.6) is 11.5 Å². The van der Waals surface area contributed by atoms with Crippen LogP contribution in [-0.4, -0.2) is 33.2 Å². The van der Waals surface area contributed by atoms with E-state index in [2.05, 4.69) is 22.1 Å². The Kier molecular flexibility index (Phi) is 5.53. The average molecular weight is 408 g/mol. The number of anilines is 1. The van der Waals surface area contributed by atoms with E-state index in [-0.39, 0.29) is 18.5 Å². The molecule has 3 aromatic rings. The van der Waals surface area contributed by atoms with E-state index in [4.69, 9.17) is 9.47 Å². The Balaban J connectivity index is 1.46. The van der Waals surface area contributed by atoms with Gasteiger partial charge in [-0.15, -0.1) is 16.8 Å². The van der Waals surface area contributed by atoms with E-state index in [0.717, 1.165) is 17.0 Å². The van der Waals surface area contributed by atoms with E-state index in [1.165, 1.54) is 11.8 Å². The summed E-state index contributed by atoms with van der Waals surface area (Å²) >= 11 is 1.33. The molecule has 0 radical (unpaired) electrons. The van der Waals surface area contributed by atoms with E-state index in [0.29, 0.717) is 28.9 Å². The smallest absolute Gasteiger partial charge is 0.234 e. The van der Waals surface area contributed by atoms with Gasteiger partial charge in [0.05, 0.1) is 5.75 Å². The molecule has 1 aromatic heterocycles. The monoisotopic (exact) mass is 408 g/mol. The van der Waals surface area contributed by atoms with Crippen LogP contribution < -0.4 is 14.8 Å². The number of carbonyl (C=O) groups is 1. The molecular weight excluding hydrogens is 388 g/mol. The number of amides is 1. The first kappa shape index (κ1) is 19.1. The molecular formula is C21H20N4O3S. The molecule has 4 rings (SSSR count). The van der Waals surface area contributed by atoms with Crippen LogP contribution >= 0.6 is 11.8 Å². The first-order chi connectivity index (χ1) is 14.2. The first-order valence-electron chi connectivity index (χ1n) is 9.08. The summed E-state index contributed by atoms with van der Waals surface area (Å²) in [4.78, 5) is 12.4. The molecule has 1 amide bonds. The predicted molar refractivity (Wildman–Crippen MR) is 112 cm³/mol. The number of allylic oxidation sites excluding steroid dienone is 1. The number of aromatic nitrogens is 3. The summed E-state index contributed by atoms with van der Waals surface area (Å²) < 4.78 is 12.6. The fraction of sp³-hybridized carbons (Fsp3) is 0.190. The Hall–Kier alpha value is -3.26. The Morgan fingerprint density at radius 3 is 2.90 bits per heavy atom. The van der Waals surface area contributed by atoms with Gasteiger partial charge in [-0.2, -0.15) is 0 Å². The molecule has 2 heterocycles. The molecule has 148 valence electrons. The topological polar surface area (TPSA) is 78.3 Å². The van der Waals surface area contributed by atoms with Crippen LogP contribution in [0.1, 0.15) is 5.56 Å². The van der Waals surface area contributed by atoms with E-state index in [9.17, 15) is 4.79 Å². The third-order valence-electron chi connectivity index (χ3n) is 4.40. The summed E-state index contributed by atoms with van der Waals surface area (Å²) in [6, 6.07) is 13.3. The number of hydrogen-bond donors (Lipinski definition) is 1. The standard InChI is InChI=1S/C21H20N4O3S/c1-3-10-25-20(16-7-5-4-6-14(16)2)23-24-21(25)29-12-19(26)22-15-8-9-17-18(11-15)28-13-27-17/h3-9,11H,1,10,12-13H2,2H3,(H,22,26). The fourth-order valence-electron chi connectivity index (χ4n) is 3.01. The second kappa shape index (κ2) is 8.40. The molecule has 0 saturated heterocycles. The van der Waals surface area contributed by atoms with Crippen LogP contribution in [0.2, 0.25) is 0 Å². The van der Waals surface area contributed by atoms with Gasteiger partial charge in [-0.1, -0.05) is 42.1 Å². The molecule has 0 fully saturated rings. The van der Waals surface area contributed by atoms with Gasteiger partial charge in [0.15, 0.2) is 22.5 Å². The van der Waals surface area contributed by atoms with Gasteiger partial charge in [-0.05, 0) is 24.6 Å². The lowest BCUT2D eigenvalue weighted by molar-refractivity contribution is -0.113. The maximum atomic E-state index is 12.4. The quantitative estimate of drug-likeness (QED) is 0.472. The summed E-state index contributed by atoms with van der Waals surface area (Å²) in [6.45, 7) is 6.62. The van der Waals surface area contributed by atoms with Crippen LogP contribution in [0.4, 0.5) is 5.69 Å². The number of ether oxygens (including phenoxy) is 2. The first-order valence-corrected chi connectivity index (χ1v) is 10.1. The van der Waals surface area contributed by atoms with Crippen molar-refractivity contribution < 1.29 is 14.3 Å². The number of rotatable bonds is 7. The largest absolute Gasteiger partial charge is 0.454 e. The predicted octanol–water partition coefficient (Wildman–Crippen LogP) is 3.90. The molecule has 0 spiro atoms. The highest BCUT2D eigenvalue weighted by Crippen LogP contribution is 2.34. The minimum absolute atomic E-state index is 0.139. The Morgan fingerprint density at radius 1 is 1.24 bits per heavy atom. The Morgan fingerprint density at radius 2 is 2.07 bits per heavy atom. The van der Waals surface area contributed by atoms with Gasteiger partial charge in [0.2, 0.25) is 12.7 Å². The van der Waals surface area contributed by atoms with Crippen molar-refractivity contribution in [3.8, 4) is 22.9 Å². The molecule has 0 aliphatic carbocycles. The van der Waals surface area contributed by atoms with Gasteiger partial charge >= 0.3 is 0 Å². The summed E-state index contributed by atoms with van der Waals surface area (Å²) in [7, 11) is 0. The van der Waals surface area contributed by atoms with Crippen molar-refractivity contribution in [3.05, 3.63) is 60.7 Å². The number of hydrogen-bond acceptors (Lipinski definition) is 6. The van der Waals surface area contributed by atoms with E-state index >= 15 is 0 Å². The van der Waals surface area contributed by atoms with E-state index < -0.39 is 0 Å². The normalized spacial score (nSPS) is 12.0. The van der Waals surface area contributed by atoms with Crippen LogP contribution in [0.3, 0.4) is 0 Å². The molecule has 0 atom stereocenters. The maximum Gasteiger partial charge on any atom is 0.234 e. The lowest BCUT2D eigenvalue weighted by atomic mass is 10.1. The van der Waals surface area contributed by atoms with E-state index in [1.54, 1.807) is 24.3 Å². The SMILES string of the molecule is C=CCn1c(SCC(=O)Nc2ccc3c(c2)OCO3)nnc1-c1ccccc1C. The summed E-state index contributed by atoms with van der Waals surface area (Å²) in [5.74, 6) is 2.14. The lowest BCUT2D eigenvalue weighted by Gasteiger charge is -2.10. The second-order valence-electron chi connectivity index (χ2n) is 6.43. The molecule has 1 aliphatic heterocycles. The molecule has 2 aromatic carbocycles. The molecule has 0 bridgehead atoms. The fourth-order valence-corrected chi connectivity index (χ4v) is 3.76. The summed E-state index contributed by atoms with van der Waals surface area (Å²) in [5.41, 5.74) is 2.79. The van der Waals surface area contributed by atoms with Gasteiger partial charge in [0.1, 0.15) is 0 Å². The van der Waals surface area contributed by atoms with Crippen LogP contribution in [0.25, 0.3) is 11.4 Å². The van der Waals surface area contributed by atoms with Crippen LogP contribution in [0, 0.1) is 6.92 Å². The molecule has 7 nitrogen and oxygen atoms in total. The third kappa shape index (κ3) is 4.12. The van der Waals surface area contributed by atoms with Gasteiger partial charge in [-0.3, -0.25) is 9.36 Å². The lowest BCUT2D eigenvalue weighted by Crippen LogP contribution is -2.14. The van der Waals surface area contributed by atoms with Crippen LogP contribution in [0.15, 0.2) is 60.3 Å². The van der Waals surface area contributed by atoms with Gasteiger partial charge in [0.25, 0.3) is 0 Å². The molecule has 1 aliphatic rings. The van der Waals surface area contributed by atoms with Gasteiger partial charge in [-0.25, -0.2) is 0 Å². The van der Waals surface area contributed by atoms with E-state index in [1.807, 2.05) is 35.8 Å². The van der Waals surface area contributed by atoms with Crippen molar-refractivity contribution >= 4 is 23.4 Å². The summed E-state index contributed by atoms with van der Waals surface area (Å²) in [6.07, 6.45) is 1.79. The minimum Gasteiger partial charge on any atom is -0.454 e. The minimum atomic E-state index is -0.139. The molecule has 0 unspecified atom stereocenters. The number of nitrogens with one attached hydrogen (secondary N) is 1. The number of thioether (sulfide) groups is 1. The maximum absolute atomic E-state index is 12.4. The van der Waals surface area contributed by atoms with Crippen molar-refractivity contribution in [1.82, 2.24) is 14.8 Å². The second-order valence-corrected chi connectivity index (χ2v) is 7.37. The number of benzene rings is 2. The third-order valence-corrected chi connectivity index (χ3v) is 5.37. The number of carbonyl (C=O) groups excluding carboxylic acids is 1. The van der Waals surface area contributed by atoms with Gasteiger partial charge < -0.3 is 14.8 Å². The molecule has 29 heavy (non-hydrogen) atoms. The zero-order valence-electron chi connectivity index (χ0n) is 15.9. The van der Waals surface area contributed by atoms with Crippen molar-refractivity contribution in [2.24, 2.45) is 0 Å². The molecule has 1 N–H and O–H groups in total. The Labute approximate surface area is 172 Å². The highest BCUT2D eigenvalue weighted by atomic mass is 32.2. The zero-order valence-corrected chi connectivity index (χ0v) is 16.7. The highest BCUT2D eigenvalue weighted by Gasteiger charge is 2.17. The number of fused-ring (bicyclic) bond motifs is 1. The van der Waals surface area contributed by atoms with Crippen molar-refractivity contribution in [2.75, 3.05) is 17.9 Å². The highest BCUT2D eigenvalue weighted by molar-refractivity contribution is 7.99. The van der Waals surface area contributed by atoms with Crippen molar-refractivity contribution in [3.63, 3.8) is 0 Å². The molecule has 8 heteroatoms. The average Bonchev–Trinajstić information content (AvgIpc) is 3.34. The molecule has 0 saturated carbocycles. The zero-order chi connectivity index (χ0) is 20.2. The summed E-state index contributed by atoms with van der Waals surface area (Å²) in [5, 5.41) is 12.2. The number of nitrogens with zero attached hydrogens (tertiary/aromatic N) is 3.